The molecule has 0 fully saturated rings. The van der Waals surface area contributed by atoms with Crippen molar-refractivity contribution in [3.63, 3.8) is 0 Å². The third kappa shape index (κ3) is 4.26. The molecular weight excluding hydrogens is 270 g/mol. The maximum absolute atomic E-state index is 6.28. The molecule has 1 unspecified atom stereocenters. The number of aryl methyl sites for hydroxylation is 1. The van der Waals surface area contributed by atoms with Gasteiger partial charge in [0.1, 0.15) is 12.4 Å². The van der Waals surface area contributed by atoms with Gasteiger partial charge >= 0.3 is 0 Å². The molecular formula is C17H20ClNO. The van der Waals surface area contributed by atoms with Crippen LogP contribution in [-0.2, 0) is 6.42 Å². The first-order valence-corrected chi connectivity index (χ1v) is 7.17. The van der Waals surface area contributed by atoms with Crippen molar-refractivity contribution in [1.29, 1.82) is 0 Å². The van der Waals surface area contributed by atoms with Gasteiger partial charge in [0, 0.05) is 11.1 Å². The van der Waals surface area contributed by atoms with E-state index >= 15 is 0 Å². The average molecular weight is 290 g/mol. The highest BCUT2D eigenvalue weighted by molar-refractivity contribution is 6.31. The SMILES string of the molecule is CNC(COc1ccccc1)Cc1ccc(C)cc1Cl. The average Bonchev–Trinajstić information content (AvgIpc) is 2.46. The van der Waals surface area contributed by atoms with Crippen molar-refractivity contribution in [2.45, 2.75) is 19.4 Å². The zero-order valence-corrected chi connectivity index (χ0v) is 12.7. The molecule has 0 saturated heterocycles. The van der Waals surface area contributed by atoms with Crippen molar-refractivity contribution in [2.24, 2.45) is 0 Å². The molecule has 0 amide bonds. The van der Waals surface area contributed by atoms with Gasteiger partial charge in [-0.15, -0.1) is 0 Å². The molecule has 2 rings (SSSR count). The third-order valence-electron chi connectivity index (χ3n) is 3.28. The van der Waals surface area contributed by atoms with Crippen molar-refractivity contribution in [3.05, 3.63) is 64.7 Å². The fraction of sp³-hybridized carbons (Fsp3) is 0.294. The minimum atomic E-state index is 0.232. The second-order valence-electron chi connectivity index (χ2n) is 4.91. The smallest absolute Gasteiger partial charge is 0.119 e. The van der Waals surface area contributed by atoms with E-state index in [2.05, 4.69) is 17.4 Å². The summed E-state index contributed by atoms with van der Waals surface area (Å²) in [5.74, 6) is 0.891. The lowest BCUT2D eigenvalue weighted by Crippen LogP contribution is -2.33. The number of benzene rings is 2. The molecule has 106 valence electrons. The Morgan fingerprint density at radius 2 is 1.90 bits per heavy atom. The van der Waals surface area contributed by atoms with Crippen LogP contribution < -0.4 is 10.1 Å². The summed E-state index contributed by atoms with van der Waals surface area (Å²) in [6.45, 7) is 2.66. The molecule has 0 saturated carbocycles. The topological polar surface area (TPSA) is 21.3 Å². The summed E-state index contributed by atoms with van der Waals surface area (Å²) in [7, 11) is 1.95. The summed E-state index contributed by atoms with van der Waals surface area (Å²) < 4.78 is 5.79. The predicted molar refractivity (Wildman–Crippen MR) is 84.7 cm³/mol. The molecule has 1 atom stereocenters. The second-order valence-corrected chi connectivity index (χ2v) is 5.32. The number of hydrogen-bond donors (Lipinski definition) is 1. The Morgan fingerprint density at radius 3 is 2.55 bits per heavy atom. The summed E-state index contributed by atoms with van der Waals surface area (Å²) in [6.07, 6.45) is 0.850. The van der Waals surface area contributed by atoms with Gasteiger partial charge in [0.15, 0.2) is 0 Å². The predicted octanol–water partition coefficient (Wildman–Crippen LogP) is 3.86. The van der Waals surface area contributed by atoms with Crippen LogP contribution in [0.3, 0.4) is 0 Å². The van der Waals surface area contributed by atoms with Crippen LogP contribution in [0.2, 0.25) is 5.02 Å². The van der Waals surface area contributed by atoms with Gasteiger partial charge in [-0.3, -0.25) is 0 Å². The Labute approximate surface area is 125 Å². The summed E-state index contributed by atoms with van der Waals surface area (Å²) >= 11 is 6.28. The second kappa shape index (κ2) is 7.32. The van der Waals surface area contributed by atoms with Gasteiger partial charge in [-0.25, -0.2) is 0 Å². The maximum atomic E-state index is 6.28. The lowest BCUT2D eigenvalue weighted by Gasteiger charge is -2.18. The molecule has 20 heavy (non-hydrogen) atoms. The molecule has 2 aromatic carbocycles. The summed E-state index contributed by atoms with van der Waals surface area (Å²) in [5.41, 5.74) is 2.33. The van der Waals surface area contributed by atoms with Crippen LogP contribution in [0.4, 0.5) is 0 Å². The molecule has 0 bridgehead atoms. The Balaban J connectivity index is 1.95. The summed E-state index contributed by atoms with van der Waals surface area (Å²) in [6, 6.07) is 16.3. The van der Waals surface area contributed by atoms with E-state index in [1.54, 1.807) is 0 Å². The first-order valence-electron chi connectivity index (χ1n) is 6.79. The first kappa shape index (κ1) is 14.9. The highest BCUT2D eigenvalue weighted by Crippen LogP contribution is 2.19. The van der Waals surface area contributed by atoms with E-state index in [4.69, 9.17) is 16.3 Å². The Hall–Kier alpha value is -1.51. The van der Waals surface area contributed by atoms with E-state index < -0.39 is 0 Å². The minimum Gasteiger partial charge on any atom is -0.492 e. The zero-order chi connectivity index (χ0) is 14.4. The van der Waals surface area contributed by atoms with E-state index in [0.717, 1.165) is 22.8 Å². The van der Waals surface area contributed by atoms with Gasteiger partial charge in [-0.2, -0.15) is 0 Å². The Bertz CT molecular complexity index is 542. The molecule has 0 heterocycles. The number of likely N-dealkylation sites (N-methyl/N-ethyl adjacent to an activating group) is 1. The van der Waals surface area contributed by atoms with E-state index in [-0.39, 0.29) is 6.04 Å². The molecule has 0 aliphatic carbocycles. The van der Waals surface area contributed by atoms with Crippen molar-refractivity contribution in [3.8, 4) is 5.75 Å². The molecule has 0 spiro atoms. The number of para-hydroxylation sites is 1. The minimum absolute atomic E-state index is 0.232. The molecule has 1 N–H and O–H groups in total. The van der Waals surface area contributed by atoms with Gasteiger partial charge in [-0.1, -0.05) is 41.9 Å². The van der Waals surface area contributed by atoms with E-state index in [0.29, 0.717) is 6.61 Å². The number of rotatable bonds is 6. The third-order valence-corrected chi connectivity index (χ3v) is 3.63. The van der Waals surface area contributed by atoms with Gasteiger partial charge in [0.25, 0.3) is 0 Å². The first-order chi connectivity index (χ1) is 9.69. The van der Waals surface area contributed by atoms with Crippen molar-refractivity contribution < 1.29 is 4.74 Å². The highest BCUT2D eigenvalue weighted by Gasteiger charge is 2.11. The molecule has 0 aromatic heterocycles. The van der Waals surface area contributed by atoms with Gasteiger partial charge < -0.3 is 10.1 Å². The number of nitrogens with one attached hydrogen (secondary N) is 1. The van der Waals surface area contributed by atoms with Crippen LogP contribution in [-0.4, -0.2) is 19.7 Å². The van der Waals surface area contributed by atoms with E-state index in [9.17, 15) is 0 Å². The molecule has 0 aliphatic heterocycles. The Morgan fingerprint density at radius 1 is 1.15 bits per heavy atom. The lowest BCUT2D eigenvalue weighted by atomic mass is 10.0. The van der Waals surface area contributed by atoms with E-state index in [1.807, 2.05) is 50.4 Å². The lowest BCUT2D eigenvalue weighted by molar-refractivity contribution is 0.270. The number of ether oxygens (including phenoxy) is 1. The number of hydrogen-bond acceptors (Lipinski definition) is 2. The molecule has 2 aromatic rings. The largest absolute Gasteiger partial charge is 0.492 e. The fourth-order valence-electron chi connectivity index (χ4n) is 2.04. The van der Waals surface area contributed by atoms with Crippen LogP contribution in [0, 0.1) is 6.92 Å². The molecule has 0 aliphatic rings. The Kier molecular flexibility index (Phi) is 5.45. The number of halogens is 1. The van der Waals surface area contributed by atoms with Gasteiger partial charge in [0.2, 0.25) is 0 Å². The maximum Gasteiger partial charge on any atom is 0.119 e. The van der Waals surface area contributed by atoms with Gasteiger partial charge in [0.05, 0.1) is 0 Å². The fourth-order valence-corrected chi connectivity index (χ4v) is 2.35. The van der Waals surface area contributed by atoms with Crippen LogP contribution in [0.5, 0.6) is 5.75 Å². The van der Waals surface area contributed by atoms with Crippen molar-refractivity contribution in [2.75, 3.05) is 13.7 Å². The molecule has 0 radical (unpaired) electrons. The summed E-state index contributed by atoms with van der Waals surface area (Å²) in [4.78, 5) is 0. The summed E-state index contributed by atoms with van der Waals surface area (Å²) in [5, 5.41) is 4.10. The molecule has 3 heteroatoms. The van der Waals surface area contributed by atoms with Gasteiger partial charge in [-0.05, 0) is 49.7 Å². The van der Waals surface area contributed by atoms with Crippen molar-refractivity contribution >= 4 is 11.6 Å². The standard InChI is InChI=1S/C17H20ClNO/c1-13-8-9-14(17(18)10-13)11-15(19-2)12-20-16-6-4-3-5-7-16/h3-10,15,19H,11-12H2,1-2H3. The molecule has 2 nitrogen and oxygen atoms in total. The quantitative estimate of drug-likeness (QED) is 0.872. The van der Waals surface area contributed by atoms with Crippen LogP contribution >= 0.6 is 11.6 Å². The van der Waals surface area contributed by atoms with Crippen LogP contribution in [0.25, 0.3) is 0 Å². The van der Waals surface area contributed by atoms with Crippen LogP contribution in [0.1, 0.15) is 11.1 Å². The monoisotopic (exact) mass is 289 g/mol. The normalized spacial score (nSPS) is 12.2. The van der Waals surface area contributed by atoms with Crippen LogP contribution in [0.15, 0.2) is 48.5 Å². The van der Waals surface area contributed by atoms with Crippen molar-refractivity contribution in [1.82, 2.24) is 5.32 Å². The van der Waals surface area contributed by atoms with E-state index in [1.165, 1.54) is 5.56 Å². The highest BCUT2D eigenvalue weighted by atomic mass is 35.5. The zero-order valence-electron chi connectivity index (χ0n) is 11.9.